The summed E-state index contributed by atoms with van der Waals surface area (Å²) in [5, 5.41) is 4.35. The zero-order chi connectivity index (χ0) is 26.9. The molecule has 0 spiro atoms. The summed E-state index contributed by atoms with van der Waals surface area (Å²) in [6, 6.07) is 9.68. The van der Waals surface area contributed by atoms with Crippen molar-refractivity contribution in [3.05, 3.63) is 52.8 Å². The number of nitrogens with zero attached hydrogens (tertiary/aromatic N) is 5. The average Bonchev–Trinajstić information content (AvgIpc) is 3.69. The number of nitrogens with one attached hydrogen (secondary N) is 1. The van der Waals surface area contributed by atoms with Crippen molar-refractivity contribution in [2.75, 3.05) is 18.1 Å². The van der Waals surface area contributed by atoms with Crippen LogP contribution in [0.4, 0.5) is 18.9 Å². The first-order chi connectivity index (χ1) is 18.7. The molecule has 204 valence electrons. The molecule has 4 atom stereocenters. The number of hydrogen-bond acceptors (Lipinski definition) is 7. The van der Waals surface area contributed by atoms with Crippen molar-refractivity contribution in [3.63, 3.8) is 0 Å². The molecule has 1 N–H and O–H groups in total. The van der Waals surface area contributed by atoms with E-state index in [2.05, 4.69) is 27.0 Å². The maximum Gasteiger partial charge on any atom is 0.408 e. The number of halogens is 4. The first-order valence-electron chi connectivity index (χ1n) is 12.6. The molecule has 1 aromatic carbocycles. The first-order valence-corrected chi connectivity index (χ1v) is 13.0. The minimum atomic E-state index is -4.32. The molecule has 2 saturated heterocycles. The Morgan fingerprint density at radius 2 is 1.90 bits per heavy atom. The topological polar surface area (TPSA) is 90.3 Å². The number of pyridine rings is 1. The summed E-state index contributed by atoms with van der Waals surface area (Å²) in [4.78, 5) is 14.3. The van der Waals surface area contributed by atoms with Gasteiger partial charge in [-0.25, -0.2) is 4.98 Å². The quantitative estimate of drug-likeness (QED) is 0.377. The van der Waals surface area contributed by atoms with Gasteiger partial charge in [0.2, 0.25) is 0 Å². The number of aromatic nitrogens is 5. The summed E-state index contributed by atoms with van der Waals surface area (Å²) >= 11 is 6.59. The fraction of sp³-hybridized carbons (Fsp3) is 0.423. The van der Waals surface area contributed by atoms with Crippen molar-refractivity contribution in [2.45, 2.75) is 51.0 Å². The van der Waals surface area contributed by atoms with E-state index in [9.17, 15) is 13.2 Å². The van der Waals surface area contributed by atoms with E-state index in [1.165, 1.54) is 6.20 Å². The third kappa shape index (κ3) is 4.50. The van der Waals surface area contributed by atoms with Gasteiger partial charge in [-0.2, -0.15) is 23.3 Å². The molecule has 0 amide bonds. The van der Waals surface area contributed by atoms with Gasteiger partial charge in [0, 0.05) is 29.3 Å². The van der Waals surface area contributed by atoms with Gasteiger partial charge in [-0.1, -0.05) is 30.7 Å². The van der Waals surface area contributed by atoms with Crippen LogP contribution in [0.3, 0.4) is 0 Å². The third-order valence-corrected chi connectivity index (χ3v) is 7.78. The molecule has 0 saturated carbocycles. The molecule has 4 aromatic rings. The van der Waals surface area contributed by atoms with Crippen LogP contribution < -0.4 is 9.64 Å². The Bertz CT molecular complexity index is 1540. The zero-order valence-corrected chi connectivity index (χ0v) is 21.5. The molecule has 7 rings (SSSR count). The van der Waals surface area contributed by atoms with Gasteiger partial charge in [0.05, 0.1) is 54.0 Å². The molecule has 39 heavy (non-hydrogen) atoms. The monoisotopic (exact) mass is 560 g/mol. The van der Waals surface area contributed by atoms with E-state index in [1.807, 2.05) is 29.2 Å². The number of alkyl halides is 3. The van der Waals surface area contributed by atoms with Crippen LogP contribution in [0.1, 0.15) is 18.2 Å². The van der Waals surface area contributed by atoms with E-state index in [0.29, 0.717) is 65.8 Å². The smallest absolute Gasteiger partial charge is 0.408 e. The van der Waals surface area contributed by atoms with Gasteiger partial charge in [-0.05, 0) is 18.2 Å². The Labute approximate surface area is 225 Å². The largest absolute Gasteiger partial charge is 0.456 e. The van der Waals surface area contributed by atoms with Crippen molar-refractivity contribution in [3.8, 4) is 17.3 Å². The maximum absolute atomic E-state index is 12.9. The third-order valence-electron chi connectivity index (χ3n) is 7.50. The molecule has 0 aliphatic carbocycles. The molecule has 6 heterocycles. The molecule has 0 bridgehead atoms. The maximum atomic E-state index is 12.9. The van der Waals surface area contributed by atoms with Crippen LogP contribution in [0.15, 0.2) is 36.5 Å². The first kappa shape index (κ1) is 24.7. The van der Waals surface area contributed by atoms with E-state index < -0.39 is 12.7 Å². The number of anilines is 1. The Kier molecular flexibility index (Phi) is 5.76. The van der Waals surface area contributed by atoms with E-state index in [-0.39, 0.29) is 18.3 Å². The van der Waals surface area contributed by atoms with Gasteiger partial charge >= 0.3 is 6.18 Å². The molecular weight excluding hydrogens is 537 g/mol. The number of hydrogen-bond donors (Lipinski definition) is 1. The second-order valence-corrected chi connectivity index (χ2v) is 10.7. The predicted molar refractivity (Wildman–Crippen MR) is 136 cm³/mol. The summed E-state index contributed by atoms with van der Waals surface area (Å²) in [5.74, 6) is 0.328. The molecule has 3 aromatic heterocycles. The number of rotatable bonds is 5. The molecule has 2 unspecified atom stereocenters. The summed E-state index contributed by atoms with van der Waals surface area (Å²) in [6.45, 7) is 2.93. The van der Waals surface area contributed by atoms with Crippen LogP contribution >= 0.6 is 11.6 Å². The molecule has 3 aliphatic rings. The second kappa shape index (κ2) is 9.10. The fourth-order valence-corrected chi connectivity index (χ4v) is 5.84. The lowest BCUT2D eigenvalue weighted by atomic mass is 10.0. The lowest BCUT2D eigenvalue weighted by Gasteiger charge is -2.19. The average molecular weight is 561 g/mol. The number of aromatic amines is 1. The number of H-pyrrole nitrogens is 1. The normalized spacial score (nSPS) is 24.5. The van der Waals surface area contributed by atoms with Crippen molar-refractivity contribution >= 4 is 28.5 Å². The Balaban J connectivity index is 1.08. The number of benzene rings is 1. The molecule has 2 fully saturated rings. The minimum absolute atomic E-state index is 0.0332. The second-order valence-electron chi connectivity index (χ2n) is 10.3. The Morgan fingerprint density at radius 3 is 2.69 bits per heavy atom. The van der Waals surface area contributed by atoms with Gasteiger partial charge in [-0.3, -0.25) is 4.68 Å². The van der Waals surface area contributed by atoms with E-state index in [0.717, 1.165) is 21.5 Å². The minimum Gasteiger partial charge on any atom is -0.456 e. The number of ether oxygens (including phenoxy) is 3. The predicted octanol–water partition coefficient (Wildman–Crippen LogP) is 4.74. The summed E-state index contributed by atoms with van der Waals surface area (Å²) < 4.78 is 57.4. The van der Waals surface area contributed by atoms with Gasteiger partial charge in [0.1, 0.15) is 12.6 Å². The van der Waals surface area contributed by atoms with E-state index >= 15 is 0 Å². The highest BCUT2D eigenvalue weighted by Gasteiger charge is 2.47. The molecule has 3 aliphatic heterocycles. The van der Waals surface area contributed by atoms with Crippen LogP contribution in [0.25, 0.3) is 22.4 Å². The summed E-state index contributed by atoms with van der Waals surface area (Å²) in [7, 11) is 0. The fourth-order valence-electron chi connectivity index (χ4n) is 5.58. The lowest BCUT2D eigenvalue weighted by molar-refractivity contribution is -0.143. The van der Waals surface area contributed by atoms with Gasteiger partial charge < -0.3 is 24.1 Å². The van der Waals surface area contributed by atoms with Gasteiger partial charge in [0.15, 0.2) is 11.8 Å². The van der Waals surface area contributed by atoms with Crippen LogP contribution in [-0.4, -0.2) is 62.4 Å². The van der Waals surface area contributed by atoms with Crippen molar-refractivity contribution < 1.29 is 27.4 Å². The van der Waals surface area contributed by atoms with Crippen LogP contribution in [0, 0.1) is 5.92 Å². The molecule has 0 radical (unpaired) electrons. The standard InChI is InChI=1S/C26H24ClF3N6O3/c1-13-10-37-23-20(11-38-22(13)23)39-25-32-18-6-17(27)21(33-24(18)34-25)14-2-4-16(5-3-14)35-8-15-7-31-36(19(15)9-35)12-26(28,29)30/h2-7,13,20,22-23H,8-12H2,1H3,(H,32,33,34)/t13-,20-,22?,23?/m1/s1. The highest BCUT2D eigenvalue weighted by atomic mass is 35.5. The number of fused-ring (bicyclic) bond motifs is 3. The molecule has 13 heteroatoms. The highest BCUT2D eigenvalue weighted by molar-refractivity contribution is 6.33. The van der Waals surface area contributed by atoms with Crippen LogP contribution in [0.5, 0.6) is 6.01 Å². The van der Waals surface area contributed by atoms with Crippen molar-refractivity contribution in [1.29, 1.82) is 0 Å². The Morgan fingerprint density at radius 1 is 1.10 bits per heavy atom. The highest BCUT2D eigenvalue weighted by Crippen LogP contribution is 2.35. The summed E-state index contributed by atoms with van der Waals surface area (Å²) in [5.41, 5.74) is 4.72. The summed E-state index contributed by atoms with van der Waals surface area (Å²) in [6.07, 6.45) is -3.15. The van der Waals surface area contributed by atoms with Crippen molar-refractivity contribution in [1.82, 2.24) is 24.7 Å². The Hall–Kier alpha value is -3.35. The lowest BCUT2D eigenvalue weighted by Crippen LogP contribution is -2.33. The van der Waals surface area contributed by atoms with Gasteiger partial charge in [0.25, 0.3) is 6.01 Å². The van der Waals surface area contributed by atoms with Crippen LogP contribution in [0.2, 0.25) is 5.02 Å². The van der Waals surface area contributed by atoms with Gasteiger partial charge in [-0.15, -0.1) is 0 Å². The van der Waals surface area contributed by atoms with Crippen LogP contribution in [-0.2, 0) is 29.1 Å². The molecule has 9 nitrogen and oxygen atoms in total. The number of imidazole rings is 1. The van der Waals surface area contributed by atoms with E-state index in [1.54, 1.807) is 6.07 Å². The SMILES string of the molecule is C[C@@H]1COC2C1OC[C@H]2Oc1nc2nc(-c3ccc(N4Cc5cnn(CC(F)(F)F)c5C4)cc3)c(Cl)cc2[nH]1. The zero-order valence-electron chi connectivity index (χ0n) is 20.8. The molecular formula is C26H24ClF3N6O3. The van der Waals surface area contributed by atoms with Crippen molar-refractivity contribution in [2.24, 2.45) is 5.92 Å². The van der Waals surface area contributed by atoms with E-state index in [4.69, 9.17) is 25.8 Å².